The number of sulfone groups is 2. The molecule has 3 aromatic rings. The molecule has 0 atom stereocenters. The fourth-order valence-electron chi connectivity index (χ4n) is 3.77. The van der Waals surface area contributed by atoms with Crippen LogP contribution in [0, 0.1) is 27.7 Å². The second kappa shape index (κ2) is 8.13. The fraction of sp³-hybridized carbons (Fsp3) is 0.250. The van der Waals surface area contributed by atoms with Gasteiger partial charge in [0.15, 0.2) is 0 Å². The van der Waals surface area contributed by atoms with Crippen LogP contribution in [0.2, 0.25) is 0 Å². The van der Waals surface area contributed by atoms with Gasteiger partial charge in [0.2, 0.25) is 19.7 Å². The zero-order valence-electron chi connectivity index (χ0n) is 18.2. The van der Waals surface area contributed by atoms with E-state index in [2.05, 4.69) is 0 Å². The largest absolute Gasteiger partial charge is 0.507 e. The molecule has 3 rings (SSSR count). The molecule has 0 aliphatic heterocycles. The Kier molecular flexibility index (Phi) is 6.04. The van der Waals surface area contributed by atoms with Crippen molar-refractivity contribution < 1.29 is 21.9 Å². The quantitative estimate of drug-likeness (QED) is 0.590. The summed E-state index contributed by atoms with van der Waals surface area (Å²) in [6, 6.07) is 12.2. The third kappa shape index (κ3) is 4.12. The van der Waals surface area contributed by atoms with Crippen molar-refractivity contribution in [2.45, 2.75) is 60.6 Å². The Bertz CT molecular complexity index is 1390. The lowest BCUT2D eigenvalue weighted by molar-refractivity contribution is 0.456. The topological polar surface area (TPSA) is 88.5 Å². The predicted molar refractivity (Wildman–Crippen MR) is 120 cm³/mol. The number of aromatic hydroxyl groups is 1. The van der Waals surface area contributed by atoms with Gasteiger partial charge in [0, 0.05) is 0 Å². The van der Waals surface area contributed by atoms with Crippen LogP contribution >= 0.6 is 0 Å². The molecule has 164 valence electrons. The average molecular weight is 459 g/mol. The van der Waals surface area contributed by atoms with Gasteiger partial charge >= 0.3 is 0 Å². The van der Waals surface area contributed by atoms with E-state index in [1.165, 1.54) is 18.2 Å². The Balaban J connectivity index is 2.30. The number of hydrogen-bond donors (Lipinski definition) is 1. The maximum Gasteiger partial charge on any atom is 0.210 e. The molecule has 0 saturated heterocycles. The number of rotatable bonds is 5. The molecule has 5 nitrogen and oxygen atoms in total. The van der Waals surface area contributed by atoms with E-state index in [1.807, 2.05) is 13.8 Å². The van der Waals surface area contributed by atoms with Crippen molar-refractivity contribution in [1.29, 1.82) is 0 Å². The molecular weight excluding hydrogens is 432 g/mol. The summed E-state index contributed by atoms with van der Waals surface area (Å²) in [4.78, 5) is -0.371. The molecule has 0 aliphatic carbocycles. The van der Waals surface area contributed by atoms with E-state index in [0.717, 1.165) is 17.2 Å². The highest BCUT2D eigenvalue weighted by atomic mass is 32.2. The average Bonchev–Trinajstić information content (AvgIpc) is 2.66. The van der Waals surface area contributed by atoms with Crippen molar-refractivity contribution in [3.8, 4) is 5.75 Å². The number of phenolic OH excluding ortho intramolecular Hbond substituents is 1. The number of phenols is 1. The van der Waals surface area contributed by atoms with Crippen molar-refractivity contribution in [2.75, 3.05) is 0 Å². The van der Waals surface area contributed by atoms with Gasteiger partial charge in [0.25, 0.3) is 0 Å². The minimum Gasteiger partial charge on any atom is -0.507 e. The van der Waals surface area contributed by atoms with Crippen LogP contribution in [0.25, 0.3) is 0 Å². The van der Waals surface area contributed by atoms with Crippen molar-refractivity contribution in [3.63, 3.8) is 0 Å². The highest BCUT2D eigenvalue weighted by Gasteiger charge is 2.30. The molecule has 0 aromatic heterocycles. The van der Waals surface area contributed by atoms with E-state index in [4.69, 9.17) is 0 Å². The third-order valence-corrected chi connectivity index (χ3v) is 9.28. The van der Waals surface area contributed by atoms with Crippen LogP contribution in [0.1, 0.15) is 34.7 Å². The van der Waals surface area contributed by atoms with Crippen LogP contribution < -0.4 is 0 Å². The zero-order valence-corrected chi connectivity index (χ0v) is 19.9. The summed E-state index contributed by atoms with van der Waals surface area (Å²) in [6.45, 7) is 8.86. The van der Waals surface area contributed by atoms with Gasteiger partial charge in [0.05, 0.1) is 14.7 Å². The van der Waals surface area contributed by atoms with E-state index in [0.29, 0.717) is 23.1 Å². The zero-order chi connectivity index (χ0) is 23.1. The number of benzene rings is 3. The lowest BCUT2D eigenvalue weighted by Gasteiger charge is -2.16. The summed E-state index contributed by atoms with van der Waals surface area (Å²) in [7, 11) is -8.14. The first-order valence-electron chi connectivity index (χ1n) is 9.90. The first kappa shape index (κ1) is 23.0. The van der Waals surface area contributed by atoms with Gasteiger partial charge < -0.3 is 5.11 Å². The second-order valence-electron chi connectivity index (χ2n) is 7.83. The van der Waals surface area contributed by atoms with E-state index < -0.39 is 30.3 Å². The Hall–Kier alpha value is -2.64. The Morgan fingerprint density at radius 1 is 0.645 bits per heavy atom. The van der Waals surface area contributed by atoms with Gasteiger partial charge in [-0.2, -0.15) is 0 Å². The van der Waals surface area contributed by atoms with E-state index in [-0.39, 0.29) is 14.7 Å². The van der Waals surface area contributed by atoms with Gasteiger partial charge in [0.1, 0.15) is 10.6 Å². The molecule has 1 N–H and O–H groups in total. The van der Waals surface area contributed by atoms with E-state index in [1.54, 1.807) is 45.0 Å². The number of aryl methyl sites for hydroxylation is 5. The molecule has 0 heterocycles. The Morgan fingerprint density at radius 2 is 1.10 bits per heavy atom. The molecule has 0 aliphatic rings. The molecule has 0 saturated carbocycles. The van der Waals surface area contributed by atoms with Gasteiger partial charge in [-0.1, -0.05) is 42.3 Å². The summed E-state index contributed by atoms with van der Waals surface area (Å²) in [5.74, 6) is -0.462. The van der Waals surface area contributed by atoms with Crippen molar-refractivity contribution in [3.05, 3.63) is 76.3 Å². The van der Waals surface area contributed by atoms with Crippen LogP contribution in [-0.2, 0) is 26.1 Å². The first-order chi connectivity index (χ1) is 14.4. The smallest absolute Gasteiger partial charge is 0.210 e. The van der Waals surface area contributed by atoms with Crippen LogP contribution in [-0.4, -0.2) is 21.9 Å². The molecule has 0 spiro atoms. The van der Waals surface area contributed by atoms with E-state index in [9.17, 15) is 21.9 Å². The minimum atomic E-state index is -4.14. The second-order valence-corrected chi connectivity index (χ2v) is 11.6. The third-order valence-electron chi connectivity index (χ3n) is 5.34. The first-order valence-corrected chi connectivity index (χ1v) is 12.9. The highest BCUT2D eigenvalue weighted by Crippen LogP contribution is 2.37. The van der Waals surface area contributed by atoms with Crippen LogP contribution in [0.15, 0.2) is 68.1 Å². The Labute approximate surface area is 184 Å². The van der Waals surface area contributed by atoms with Crippen molar-refractivity contribution in [2.24, 2.45) is 0 Å². The maximum absolute atomic E-state index is 13.5. The molecule has 3 aromatic carbocycles. The van der Waals surface area contributed by atoms with Crippen LogP contribution in [0.3, 0.4) is 0 Å². The molecule has 0 fully saturated rings. The van der Waals surface area contributed by atoms with Crippen molar-refractivity contribution in [1.82, 2.24) is 0 Å². The summed E-state index contributed by atoms with van der Waals surface area (Å²) < 4.78 is 53.7. The fourth-order valence-corrected chi connectivity index (χ4v) is 7.21. The standard InChI is InChI=1S/C24H26O5S2/c1-6-19-13-20(25)24(31(28,29)22-10-8-16(3)12-18(22)5)14-23(19)30(26,27)21-9-7-15(2)11-17(21)4/h7-14,25H,6H2,1-5H3. The normalized spacial score (nSPS) is 12.2. The van der Waals surface area contributed by atoms with Gasteiger partial charge in [-0.25, -0.2) is 16.8 Å². The summed E-state index contributed by atoms with van der Waals surface area (Å²) >= 11 is 0. The summed E-state index contributed by atoms with van der Waals surface area (Å²) in [5.41, 5.74) is 3.29. The van der Waals surface area contributed by atoms with Gasteiger partial charge in [-0.3, -0.25) is 0 Å². The van der Waals surface area contributed by atoms with Gasteiger partial charge in [-0.05, 0) is 75.1 Å². The Morgan fingerprint density at radius 3 is 1.52 bits per heavy atom. The lowest BCUT2D eigenvalue weighted by atomic mass is 10.1. The molecule has 0 bridgehead atoms. The van der Waals surface area contributed by atoms with E-state index >= 15 is 0 Å². The number of hydrogen-bond acceptors (Lipinski definition) is 5. The molecule has 31 heavy (non-hydrogen) atoms. The summed E-state index contributed by atoms with van der Waals surface area (Å²) in [6.07, 6.45) is 0.316. The molecule has 0 radical (unpaired) electrons. The minimum absolute atomic E-state index is 0.0347. The SMILES string of the molecule is CCc1cc(O)c(S(=O)(=O)c2ccc(C)cc2C)cc1S(=O)(=O)c1ccc(C)cc1C. The predicted octanol–water partition coefficient (Wildman–Crippen LogP) is 4.85. The molecular formula is C24H26O5S2. The van der Waals surface area contributed by atoms with Gasteiger partial charge in [-0.15, -0.1) is 0 Å². The maximum atomic E-state index is 13.5. The van der Waals surface area contributed by atoms with Crippen LogP contribution in [0.5, 0.6) is 5.75 Å². The molecule has 0 amide bonds. The lowest BCUT2D eigenvalue weighted by Crippen LogP contribution is -2.11. The van der Waals surface area contributed by atoms with Crippen molar-refractivity contribution >= 4 is 19.7 Å². The molecule has 0 unspecified atom stereocenters. The monoisotopic (exact) mass is 458 g/mol. The van der Waals surface area contributed by atoms with Crippen LogP contribution in [0.4, 0.5) is 0 Å². The molecule has 7 heteroatoms. The summed E-state index contributed by atoms with van der Waals surface area (Å²) in [5, 5.41) is 10.5. The highest BCUT2D eigenvalue weighted by molar-refractivity contribution is 7.92.